The van der Waals surface area contributed by atoms with Gasteiger partial charge in [-0.05, 0) is 23.8 Å². The zero-order valence-electron chi connectivity index (χ0n) is 9.89. The molecule has 0 saturated heterocycles. The predicted molar refractivity (Wildman–Crippen MR) is 73.7 cm³/mol. The highest BCUT2D eigenvalue weighted by Crippen LogP contribution is 2.22. The first kappa shape index (κ1) is 12.7. The molecule has 5 heteroatoms. The third-order valence-electron chi connectivity index (χ3n) is 2.36. The first-order valence-electron chi connectivity index (χ1n) is 5.37. The Labute approximate surface area is 114 Å². The summed E-state index contributed by atoms with van der Waals surface area (Å²) in [6.07, 6.45) is 0. The Bertz CT molecular complexity index is 529. The molecule has 2 aromatic rings. The average molecular weight is 309 g/mol. The number of benzene rings is 1. The van der Waals surface area contributed by atoms with E-state index in [1.807, 2.05) is 24.3 Å². The lowest BCUT2D eigenvalue weighted by Gasteiger charge is -2.08. The van der Waals surface area contributed by atoms with Crippen LogP contribution in [0.3, 0.4) is 0 Å². The number of nitrogens with two attached hydrogens (primary N) is 1. The minimum atomic E-state index is 0.378. The number of halogens is 1. The highest BCUT2D eigenvalue weighted by atomic mass is 79.9. The van der Waals surface area contributed by atoms with Gasteiger partial charge in [0.15, 0.2) is 0 Å². The molecule has 0 amide bonds. The molecule has 4 nitrogen and oxygen atoms in total. The summed E-state index contributed by atoms with van der Waals surface area (Å²) in [4.78, 5) is 4.14. The zero-order valence-corrected chi connectivity index (χ0v) is 11.5. The summed E-state index contributed by atoms with van der Waals surface area (Å²) in [5, 5.41) is 0. The molecule has 0 spiro atoms. The van der Waals surface area contributed by atoms with E-state index in [-0.39, 0.29) is 0 Å². The summed E-state index contributed by atoms with van der Waals surface area (Å²) in [6.45, 7) is 0.452. The van der Waals surface area contributed by atoms with Crippen LogP contribution in [-0.2, 0) is 6.61 Å². The lowest BCUT2D eigenvalue weighted by molar-refractivity contribution is 0.287. The molecule has 0 aliphatic rings. The van der Waals surface area contributed by atoms with Crippen LogP contribution in [0.1, 0.15) is 5.56 Å². The molecule has 0 aliphatic heterocycles. The van der Waals surface area contributed by atoms with Gasteiger partial charge in [-0.1, -0.05) is 28.1 Å². The van der Waals surface area contributed by atoms with Gasteiger partial charge in [0.1, 0.15) is 6.61 Å². The minimum Gasteiger partial charge on any atom is -0.479 e. The standard InChI is InChI=1S/C13H13BrN2O2/c1-17-13-11(15)6-7-12(16-13)18-8-9-2-4-10(14)5-3-9/h2-7H,8,15H2,1H3. The number of nitrogens with zero attached hydrogens (tertiary/aromatic N) is 1. The summed E-state index contributed by atoms with van der Waals surface area (Å²) >= 11 is 3.38. The number of methoxy groups -OCH3 is 1. The van der Waals surface area contributed by atoms with E-state index >= 15 is 0 Å². The molecule has 1 aromatic heterocycles. The number of hydrogen-bond donors (Lipinski definition) is 1. The van der Waals surface area contributed by atoms with Crippen molar-refractivity contribution < 1.29 is 9.47 Å². The van der Waals surface area contributed by atoms with Crippen LogP contribution in [0.15, 0.2) is 40.9 Å². The maximum absolute atomic E-state index is 5.68. The molecule has 0 saturated carbocycles. The lowest BCUT2D eigenvalue weighted by Crippen LogP contribution is -2.00. The molecule has 94 valence electrons. The Morgan fingerprint density at radius 3 is 2.56 bits per heavy atom. The normalized spacial score (nSPS) is 10.1. The Balaban J connectivity index is 2.04. The van der Waals surface area contributed by atoms with Crippen LogP contribution < -0.4 is 15.2 Å². The van der Waals surface area contributed by atoms with Crippen molar-refractivity contribution in [3.63, 3.8) is 0 Å². The second-order valence-electron chi connectivity index (χ2n) is 3.66. The third-order valence-corrected chi connectivity index (χ3v) is 2.89. The number of hydrogen-bond acceptors (Lipinski definition) is 4. The van der Waals surface area contributed by atoms with E-state index in [1.54, 1.807) is 12.1 Å². The van der Waals surface area contributed by atoms with E-state index in [0.717, 1.165) is 10.0 Å². The molecule has 0 aliphatic carbocycles. The fourth-order valence-electron chi connectivity index (χ4n) is 1.42. The fourth-order valence-corrected chi connectivity index (χ4v) is 1.68. The van der Waals surface area contributed by atoms with E-state index in [9.17, 15) is 0 Å². The van der Waals surface area contributed by atoms with E-state index in [1.165, 1.54) is 7.11 Å². The van der Waals surface area contributed by atoms with Crippen LogP contribution in [0.25, 0.3) is 0 Å². The SMILES string of the molecule is COc1nc(OCc2ccc(Br)cc2)ccc1N. The van der Waals surface area contributed by atoms with Crippen LogP contribution >= 0.6 is 15.9 Å². The second kappa shape index (κ2) is 5.73. The molecule has 0 radical (unpaired) electrons. The monoisotopic (exact) mass is 308 g/mol. The highest BCUT2D eigenvalue weighted by Gasteiger charge is 2.04. The number of nitrogen functional groups attached to an aromatic ring is 1. The van der Waals surface area contributed by atoms with Crippen molar-refractivity contribution in [1.82, 2.24) is 4.98 Å². The molecule has 0 bridgehead atoms. The molecule has 0 atom stereocenters. The van der Waals surface area contributed by atoms with Crippen LogP contribution in [0.2, 0.25) is 0 Å². The van der Waals surface area contributed by atoms with Gasteiger partial charge >= 0.3 is 0 Å². The zero-order chi connectivity index (χ0) is 13.0. The summed E-state index contributed by atoms with van der Waals surface area (Å²) in [5.74, 6) is 0.868. The molecule has 1 aromatic carbocycles. The molecular weight excluding hydrogens is 296 g/mol. The van der Waals surface area contributed by atoms with Gasteiger partial charge in [0.2, 0.25) is 11.8 Å². The predicted octanol–water partition coefficient (Wildman–Crippen LogP) is 3.01. The van der Waals surface area contributed by atoms with Gasteiger partial charge in [-0.2, -0.15) is 4.98 Å². The molecule has 2 rings (SSSR count). The van der Waals surface area contributed by atoms with Crippen molar-refractivity contribution in [1.29, 1.82) is 0 Å². The summed E-state index contributed by atoms with van der Waals surface area (Å²) in [5.41, 5.74) is 7.24. The smallest absolute Gasteiger partial charge is 0.240 e. The Morgan fingerprint density at radius 1 is 1.17 bits per heavy atom. The molecule has 18 heavy (non-hydrogen) atoms. The molecular formula is C13H13BrN2O2. The second-order valence-corrected chi connectivity index (χ2v) is 4.58. The van der Waals surface area contributed by atoms with Gasteiger partial charge in [0, 0.05) is 10.5 Å². The number of ether oxygens (including phenoxy) is 2. The Kier molecular flexibility index (Phi) is 4.04. The molecule has 0 unspecified atom stereocenters. The van der Waals surface area contributed by atoms with E-state index in [2.05, 4.69) is 20.9 Å². The van der Waals surface area contributed by atoms with Crippen LogP contribution in [0.5, 0.6) is 11.8 Å². The Hall–Kier alpha value is -1.75. The van der Waals surface area contributed by atoms with Gasteiger partial charge in [-0.15, -0.1) is 0 Å². The van der Waals surface area contributed by atoms with Crippen molar-refractivity contribution in [2.75, 3.05) is 12.8 Å². The largest absolute Gasteiger partial charge is 0.479 e. The maximum Gasteiger partial charge on any atom is 0.240 e. The fraction of sp³-hybridized carbons (Fsp3) is 0.154. The first-order chi connectivity index (χ1) is 8.69. The van der Waals surface area contributed by atoms with E-state index < -0.39 is 0 Å². The Morgan fingerprint density at radius 2 is 1.89 bits per heavy atom. The topological polar surface area (TPSA) is 57.4 Å². The van der Waals surface area contributed by atoms with Gasteiger partial charge in [0.05, 0.1) is 12.8 Å². The summed E-state index contributed by atoms with van der Waals surface area (Å²) in [6, 6.07) is 11.3. The molecule has 2 N–H and O–H groups in total. The summed E-state index contributed by atoms with van der Waals surface area (Å²) in [7, 11) is 1.52. The van der Waals surface area contributed by atoms with Crippen molar-refractivity contribution in [3.8, 4) is 11.8 Å². The lowest BCUT2D eigenvalue weighted by atomic mass is 10.2. The van der Waals surface area contributed by atoms with Crippen molar-refractivity contribution in [2.45, 2.75) is 6.61 Å². The van der Waals surface area contributed by atoms with Gasteiger partial charge in [-0.25, -0.2) is 0 Å². The van der Waals surface area contributed by atoms with Crippen molar-refractivity contribution in [3.05, 3.63) is 46.4 Å². The number of pyridine rings is 1. The van der Waals surface area contributed by atoms with E-state index in [4.69, 9.17) is 15.2 Å². The maximum atomic E-state index is 5.68. The number of rotatable bonds is 4. The quantitative estimate of drug-likeness (QED) is 0.943. The molecule has 0 fully saturated rings. The van der Waals surface area contributed by atoms with Crippen LogP contribution in [0, 0.1) is 0 Å². The van der Waals surface area contributed by atoms with Crippen LogP contribution in [-0.4, -0.2) is 12.1 Å². The number of anilines is 1. The first-order valence-corrected chi connectivity index (χ1v) is 6.16. The van der Waals surface area contributed by atoms with Gasteiger partial charge in [-0.3, -0.25) is 0 Å². The average Bonchev–Trinajstić information content (AvgIpc) is 2.39. The third kappa shape index (κ3) is 3.13. The van der Waals surface area contributed by atoms with Crippen molar-refractivity contribution >= 4 is 21.6 Å². The van der Waals surface area contributed by atoms with Crippen LogP contribution in [0.4, 0.5) is 5.69 Å². The van der Waals surface area contributed by atoms with Gasteiger partial charge < -0.3 is 15.2 Å². The molecule has 1 heterocycles. The highest BCUT2D eigenvalue weighted by molar-refractivity contribution is 9.10. The van der Waals surface area contributed by atoms with E-state index in [0.29, 0.717) is 24.1 Å². The van der Waals surface area contributed by atoms with Crippen molar-refractivity contribution in [2.24, 2.45) is 0 Å². The van der Waals surface area contributed by atoms with Gasteiger partial charge in [0.25, 0.3) is 0 Å². The summed E-state index contributed by atoms with van der Waals surface area (Å²) < 4.78 is 11.6. The minimum absolute atomic E-state index is 0.378. The number of aromatic nitrogens is 1.